The van der Waals surface area contributed by atoms with Crippen molar-refractivity contribution in [3.63, 3.8) is 0 Å². The Hall–Kier alpha value is -4.13. The lowest BCUT2D eigenvalue weighted by Gasteiger charge is -2.40. The normalized spacial score (nSPS) is 16.6. The molecule has 0 fully saturated rings. The lowest BCUT2D eigenvalue weighted by molar-refractivity contribution is -0.120. The molecule has 7 heteroatoms. The zero-order chi connectivity index (χ0) is 25.8. The minimum atomic E-state index is -0.424. The Bertz CT molecular complexity index is 1250. The number of hydrogen-bond acceptors (Lipinski definition) is 5. The van der Waals surface area contributed by atoms with Crippen molar-refractivity contribution >= 4 is 29.2 Å². The van der Waals surface area contributed by atoms with Gasteiger partial charge in [0.15, 0.2) is 0 Å². The van der Waals surface area contributed by atoms with Crippen LogP contribution < -0.4 is 14.5 Å². The number of para-hydroxylation sites is 1. The number of esters is 1. The van der Waals surface area contributed by atoms with E-state index in [2.05, 4.69) is 0 Å². The minimum Gasteiger partial charge on any atom is -0.497 e. The molecule has 0 N–H and O–H groups in total. The summed E-state index contributed by atoms with van der Waals surface area (Å²) in [7, 11) is 2.92. The maximum absolute atomic E-state index is 13.8. The number of carbonyl (C=O) groups excluding carboxylic acids is 3. The molecule has 186 valence electrons. The molecule has 3 aromatic rings. The van der Waals surface area contributed by atoms with Gasteiger partial charge in [0.05, 0.1) is 25.7 Å². The highest BCUT2D eigenvalue weighted by atomic mass is 16.5. The number of amides is 2. The molecular weight excluding hydrogens is 456 g/mol. The zero-order valence-corrected chi connectivity index (χ0v) is 20.9. The summed E-state index contributed by atoms with van der Waals surface area (Å²) in [6.07, 6.45) is 0.495. The van der Waals surface area contributed by atoms with Gasteiger partial charge in [0.25, 0.3) is 5.91 Å². The summed E-state index contributed by atoms with van der Waals surface area (Å²) >= 11 is 0. The minimum absolute atomic E-state index is 0.0424. The second kappa shape index (κ2) is 10.6. The van der Waals surface area contributed by atoms with Crippen molar-refractivity contribution in [2.45, 2.75) is 32.2 Å². The summed E-state index contributed by atoms with van der Waals surface area (Å²) in [5.41, 5.74) is 3.26. The number of rotatable bonds is 6. The van der Waals surface area contributed by atoms with Crippen LogP contribution in [0.5, 0.6) is 5.75 Å². The van der Waals surface area contributed by atoms with E-state index in [9.17, 15) is 14.4 Å². The van der Waals surface area contributed by atoms with Crippen LogP contribution in [-0.2, 0) is 9.53 Å². The molecule has 1 aliphatic rings. The summed E-state index contributed by atoms with van der Waals surface area (Å²) in [4.78, 5) is 42.7. The predicted octanol–water partition coefficient (Wildman–Crippen LogP) is 5.06. The van der Waals surface area contributed by atoms with Gasteiger partial charge in [-0.3, -0.25) is 9.59 Å². The number of hydrogen-bond donors (Lipinski definition) is 0. The van der Waals surface area contributed by atoms with Crippen molar-refractivity contribution < 1.29 is 23.9 Å². The number of benzene rings is 3. The standard InChI is InChI=1S/C29H30N2O5/c1-5-30(22-14-10-21(11-15-22)29(34)36-4)28(33)25-18-19(2)31(26-9-7-6-8-24(25)26)27(32)20-12-16-23(35-3)17-13-20/h6-17,19,25H,5,18H2,1-4H3. The molecule has 1 aliphatic heterocycles. The van der Waals surface area contributed by atoms with Crippen LogP contribution in [0.3, 0.4) is 0 Å². The van der Waals surface area contributed by atoms with E-state index in [1.807, 2.05) is 38.1 Å². The van der Waals surface area contributed by atoms with Crippen molar-refractivity contribution in [3.05, 3.63) is 89.5 Å². The number of nitrogens with zero attached hydrogens (tertiary/aromatic N) is 2. The summed E-state index contributed by atoms with van der Waals surface area (Å²) in [5, 5.41) is 0. The average Bonchev–Trinajstić information content (AvgIpc) is 2.92. The Morgan fingerprint density at radius 2 is 1.56 bits per heavy atom. The second-order valence-corrected chi connectivity index (χ2v) is 8.72. The highest BCUT2D eigenvalue weighted by Gasteiger charge is 2.38. The molecule has 3 aromatic carbocycles. The second-order valence-electron chi connectivity index (χ2n) is 8.72. The number of ether oxygens (including phenoxy) is 2. The molecular formula is C29H30N2O5. The van der Waals surface area contributed by atoms with Gasteiger partial charge in [0, 0.05) is 29.5 Å². The van der Waals surface area contributed by atoms with Gasteiger partial charge < -0.3 is 19.3 Å². The molecule has 0 aliphatic carbocycles. The van der Waals surface area contributed by atoms with Crippen LogP contribution in [0.15, 0.2) is 72.8 Å². The van der Waals surface area contributed by atoms with E-state index in [0.717, 1.165) is 11.3 Å². The average molecular weight is 487 g/mol. The smallest absolute Gasteiger partial charge is 0.337 e. The predicted molar refractivity (Wildman–Crippen MR) is 139 cm³/mol. The van der Waals surface area contributed by atoms with Crippen LogP contribution in [0, 0.1) is 0 Å². The summed E-state index contributed by atoms with van der Waals surface area (Å²) in [5.74, 6) is -0.305. The number of fused-ring (bicyclic) bond motifs is 1. The first kappa shape index (κ1) is 25.0. The maximum atomic E-state index is 13.8. The molecule has 0 bridgehead atoms. The van der Waals surface area contributed by atoms with Gasteiger partial charge in [-0.2, -0.15) is 0 Å². The number of methoxy groups -OCH3 is 2. The molecule has 2 unspecified atom stereocenters. The quantitative estimate of drug-likeness (QED) is 0.456. The van der Waals surface area contributed by atoms with Crippen LogP contribution in [0.25, 0.3) is 0 Å². The number of likely N-dealkylation sites (N-methyl/N-ethyl adjacent to an activating group) is 1. The topological polar surface area (TPSA) is 76.2 Å². The fourth-order valence-corrected chi connectivity index (χ4v) is 4.78. The van der Waals surface area contributed by atoms with E-state index in [-0.39, 0.29) is 17.9 Å². The van der Waals surface area contributed by atoms with Gasteiger partial charge in [-0.1, -0.05) is 18.2 Å². The molecule has 2 amide bonds. The van der Waals surface area contributed by atoms with Gasteiger partial charge >= 0.3 is 5.97 Å². The fraction of sp³-hybridized carbons (Fsp3) is 0.276. The third kappa shape index (κ3) is 4.69. The monoisotopic (exact) mass is 486 g/mol. The van der Waals surface area contributed by atoms with Crippen LogP contribution in [0.1, 0.15) is 52.5 Å². The lowest BCUT2D eigenvalue weighted by Crippen LogP contribution is -2.46. The summed E-state index contributed by atoms with van der Waals surface area (Å²) in [6, 6.07) is 21.3. The van der Waals surface area contributed by atoms with Gasteiger partial charge in [-0.25, -0.2) is 4.79 Å². The van der Waals surface area contributed by atoms with Crippen LogP contribution >= 0.6 is 0 Å². The first-order chi connectivity index (χ1) is 17.4. The molecule has 0 aromatic heterocycles. The molecule has 4 rings (SSSR count). The summed E-state index contributed by atoms with van der Waals surface area (Å²) in [6.45, 7) is 4.36. The molecule has 1 heterocycles. The highest BCUT2D eigenvalue weighted by Crippen LogP contribution is 2.40. The van der Waals surface area contributed by atoms with Gasteiger partial charge in [0.1, 0.15) is 5.75 Å². The fourth-order valence-electron chi connectivity index (χ4n) is 4.78. The van der Waals surface area contributed by atoms with E-state index in [4.69, 9.17) is 9.47 Å². The maximum Gasteiger partial charge on any atom is 0.337 e. The van der Waals surface area contributed by atoms with Crippen molar-refractivity contribution in [1.29, 1.82) is 0 Å². The largest absolute Gasteiger partial charge is 0.497 e. The van der Waals surface area contributed by atoms with Crippen LogP contribution in [-0.4, -0.2) is 44.6 Å². The Kier molecular flexibility index (Phi) is 7.38. The molecule has 2 atom stereocenters. The molecule has 36 heavy (non-hydrogen) atoms. The van der Waals surface area contributed by atoms with E-state index in [0.29, 0.717) is 35.5 Å². The van der Waals surface area contributed by atoms with Gasteiger partial charge in [0.2, 0.25) is 5.91 Å². The number of anilines is 2. The zero-order valence-electron chi connectivity index (χ0n) is 20.9. The molecule has 7 nitrogen and oxygen atoms in total. The molecule has 0 saturated heterocycles. The molecule has 0 saturated carbocycles. The Morgan fingerprint density at radius 1 is 0.917 bits per heavy atom. The first-order valence-corrected chi connectivity index (χ1v) is 12.0. The number of carbonyl (C=O) groups is 3. The lowest BCUT2D eigenvalue weighted by atomic mass is 9.84. The van der Waals surface area contributed by atoms with E-state index in [1.54, 1.807) is 65.4 Å². The van der Waals surface area contributed by atoms with Crippen molar-refractivity contribution in [2.75, 3.05) is 30.6 Å². The Balaban J connectivity index is 1.65. The van der Waals surface area contributed by atoms with E-state index in [1.165, 1.54) is 7.11 Å². The van der Waals surface area contributed by atoms with Crippen LogP contribution in [0.2, 0.25) is 0 Å². The van der Waals surface area contributed by atoms with Crippen molar-refractivity contribution in [1.82, 2.24) is 0 Å². The van der Waals surface area contributed by atoms with Crippen LogP contribution in [0.4, 0.5) is 11.4 Å². The Morgan fingerprint density at radius 3 is 2.17 bits per heavy atom. The van der Waals surface area contributed by atoms with Gasteiger partial charge in [-0.05, 0) is 80.4 Å². The van der Waals surface area contributed by atoms with Gasteiger partial charge in [-0.15, -0.1) is 0 Å². The van der Waals surface area contributed by atoms with Crippen molar-refractivity contribution in [3.8, 4) is 5.75 Å². The summed E-state index contributed by atoms with van der Waals surface area (Å²) < 4.78 is 9.99. The SMILES string of the molecule is CCN(C(=O)C1CC(C)N(C(=O)c2ccc(OC)cc2)c2ccccc21)c1ccc(C(=O)OC)cc1. The Labute approximate surface area is 211 Å². The molecule has 0 spiro atoms. The third-order valence-corrected chi connectivity index (χ3v) is 6.63. The van der Waals surface area contributed by atoms with E-state index < -0.39 is 11.9 Å². The molecule has 0 radical (unpaired) electrons. The first-order valence-electron chi connectivity index (χ1n) is 12.0. The van der Waals surface area contributed by atoms with Crippen molar-refractivity contribution in [2.24, 2.45) is 0 Å². The highest BCUT2D eigenvalue weighted by molar-refractivity contribution is 6.09. The van der Waals surface area contributed by atoms with E-state index >= 15 is 0 Å². The third-order valence-electron chi connectivity index (χ3n) is 6.63.